The van der Waals surface area contributed by atoms with Crippen LogP contribution in [0.4, 0.5) is 0 Å². The molecule has 1 aromatic rings. The molecule has 0 amide bonds. The molecule has 0 spiro atoms. The van der Waals surface area contributed by atoms with Crippen LogP contribution in [-0.2, 0) is 11.2 Å². The fraction of sp³-hybridized carbons (Fsp3) is 0.222. The molecule has 0 aliphatic carbocycles. The van der Waals surface area contributed by atoms with Crippen molar-refractivity contribution < 1.29 is 4.79 Å². The van der Waals surface area contributed by atoms with Crippen LogP contribution in [0.2, 0.25) is 0 Å². The molecule has 56 valence electrons. The Kier molecular flexibility index (Phi) is 1.50. The smallest absolute Gasteiger partial charge is 0.198 e. The van der Waals surface area contributed by atoms with Crippen molar-refractivity contribution in [1.82, 2.24) is 0 Å². The molecule has 0 bridgehead atoms. The molecular weight excluding hydrogens is 156 g/mol. The minimum absolute atomic E-state index is 0.273. The average molecular weight is 164 g/mol. The van der Waals surface area contributed by atoms with Crippen LogP contribution in [0.25, 0.3) is 0 Å². The minimum Gasteiger partial charge on any atom is -0.286 e. The van der Waals surface area contributed by atoms with Gasteiger partial charge in [0.25, 0.3) is 0 Å². The molecule has 2 rings (SSSR count). The summed E-state index contributed by atoms with van der Waals surface area (Å²) < 4.78 is 0. The zero-order valence-corrected chi connectivity index (χ0v) is 7.07. The molecule has 0 saturated heterocycles. The van der Waals surface area contributed by atoms with Gasteiger partial charge in [-0.1, -0.05) is 23.9 Å². The number of aryl methyl sites for hydroxylation is 1. The van der Waals surface area contributed by atoms with E-state index in [0.717, 1.165) is 4.90 Å². The van der Waals surface area contributed by atoms with Crippen molar-refractivity contribution >= 4 is 16.9 Å². The van der Waals surface area contributed by atoms with E-state index in [0.29, 0.717) is 6.42 Å². The molecule has 1 aliphatic heterocycles. The SMILES string of the molecule is Cc1cccc2c1CC(=O)S2. The molecule has 0 radical (unpaired) electrons. The minimum atomic E-state index is 0.273. The van der Waals surface area contributed by atoms with Crippen LogP contribution >= 0.6 is 11.8 Å². The number of hydrogen-bond acceptors (Lipinski definition) is 2. The first kappa shape index (κ1) is 6.92. The monoisotopic (exact) mass is 164 g/mol. The highest BCUT2D eigenvalue weighted by molar-refractivity contribution is 8.14. The standard InChI is InChI=1S/C9H8OS/c1-6-3-2-4-8-7(6)5-9(10)11-8/h2-4H,5H2,1H3. The van der Waals surface area contributed by atoms with Gasteiger partial charge in [0.1, 0.15) is 0 Å². The first-order chi connectivity index (χ1) is 5.27. The third-order valence-corrected chi connectivity index (χ3v) is 2.89. The lowest BCUT2D eigenvalue weighted by atomic mass is 10.1. The average Bonchev–Trinajstić information content (AvgIpc) is 2.31. The lowest BCUT2D eigenvalue weighted by molar-refractivity contribution is -0.110. The number of carbonyl (C=O) groups excluding carboxylic acids is 1. The summed E-state index contributed by atoms with van der Waals surface area (Å²) in [6.07, 6.45) is 0.618. The van der Waals surface area contributed by atoms with Gasteiger partial charge in [0.2, 0.25) is 0 Å². The Bertz CT molecular complexity index is 317. The number of carbonyl (C=O) groups is 1. The molecule has 0 aromatic heterocycles. The summed E-state index contributed by atoms with van der Waals surface area (Å²) in [4.78, 5) is 12.2. The predicted octanol–water partition coefficient (Wildman–Crippen LogP) is 2.17. The molecular formula is C9H8OS. The Morgan fingerprint density at radius 1 is 1.45 bits per heavy atom. The molecule has 11 heavy (non-hydrogen) atoms. The molecule has 0 saturated carbocycles. The summed E-state index contributed by atoms with van der Waals surface area (Å²) in [5.74, 6) is 0. The van der Waals surface area contributed by atoms with E-state index in [1.165, 1.54) is 22.9 Å². The first-order valence-corrected chi connectivity index (χ1v) is 4.38. The predicted molar refractivity (Wildman–Crippen MR) is 45.7 cm³/mol. The van der Waals surface area contributed by atoms with Crippen molar-refractivity contribution in [3.8, 4) is 0 Å². The number of hydrogen-bond donors (Lipinski definition) is 0. The number of thioether (sulfide) groups is 1. The molecule has 0 N–H and O–H groups in total. The third kappa shape index (κ3) is 1.07. The summed E-state index contributed by atoms with van der Waals surface area (Å²) >= 11 is 1.37. The highest BCUT2D eigenvalue weighted by atomic mass is 32.2. The lowest BCUT2D eigenvalue weighted by Crippen LogP contribution is -1.89. The van der Waals surface area contributed by atoms with E-state index in [1.54, 1.807) is 0 Å². The van der Waals surface area contributed by atoms with Crippen molar-refractivity contribution in [2.24, 2.45) is 0 Å². The van der Waals surface area contributed by atoms with Crippen LogP contribution < -0.4 is 0 Å². The van der Waals surface area contributed by atoms with Gasteiger partial charge in [-0.2, -0.15) is 0 Å². The van der Waals surface area contributed by atoms with Gasteiger partial charge in [-0.25, -0.2) is 0 Å². The lowest BCUT2D eigenvalue weighted by Gasteiger charge is -1.98. The second-order valence-corrected chi connectivity index (χ2v) is 3.80. The van der Waals surface area contributed by atoms with Crippen molar-refractivity contribution in [3.63, 3.8) is 0 Å². The van der Waals surface area contributed by atoms with Gasteiger partial charge in [-0.15, -0.1) is 0 Å². The van der Waals surface area contributed by atoms with Crippen LogP contribution in [-0.4, -0.2) is 5.12 Å². The number of benzene rings is 1. The van der Waals surface area contributed by atoms with Gasteiger partial charge in [-0.3, -0.25) is 4.79 Å². The fourth-order valence-electron chi connectivity index (χ4n) is 1.30. The number of rotatable bonds is 0. The Morgan fingerprint density at radius 2 is 2.27 bits per heavy atom. The van der Waals surface area contributed by atoms with E-state index in [9.17, 15) is 4.79 Å². The van der Waals surface area contributed by atoms with Crippen LogP contribution in [0.1, 0.15) is 11.1 Å². The Morgan fingerprint density at radius 3 is 3.00 bits per heavy atom. The zero-order valence-electron chi connectivity index (χ0n) is 6.26. The van der Waals surface area contributed by atoms with Crippen LogP contribution in [0.5, 0.6) is 0 Å². The van der Waals surface area contributed by atoms with E-state index < -0.39 is 0 Å². The summed E-state index contributed by atoms with van der Waals surface area (Å²) in [6.45, 7) is 2.05. The van der Waals surface area contributed by atoms with E-state index in [2.05, 4.69) is 13.0 Å². The highest BCUT2D eigenvalue weighted by Crippen LogP contribution is 2.33. The van der Waals surface area contributed by atoms with E-state index in [-0.39, 0.29) is 5.12 Å². The van der Waals surface area contributed by atoms with Gasteiger partial charge < -0.3 is 0 Å². The summed E-state index contributed by atoms with van der Waals surface area (Å²) in [5.41, 5.74) is 2.46. The third-order valence-electron chi connectivity index (χ3n) is 1.91. The van der Waals surface area contributed by atoms with Crippen LogP contribution in [0.15, 0.2) is 23.1 Å². The largest absolute Gasteiger partial charge is 0.286 e. The normalized spacial score (nSPS) is 15.2. The van der Waals surface area contributed by atoms with Crippen molar-refractivity contribution in [2.45, 2.75) is 18.2 Å². The molecule has 1 nitrogen and oxygen atoms in total. The van der Waals surface area contributed by atoms with Crippen LogP contribution in [0, 0.1) is 6.92 Å². The van der Waals surface area contributed by atoms with Crippen LogP contribution in [0.3, 0.4) is 0 Å². The summed E-state index contributed by atoms with van der Waals surface area (Å²) in [6, 6.07) is 6.07. The van der Waals surface area contributed by atoms with E-state index in [4.69, 9.17) is 0 Å². The molecule has 0 fully saturated rings. The van der Waals surface area contributed by atoms with Gasteiger partial charge in [0, 0.05) is 11.3 Å². The second-order valence-electron chi connectivity index (χ2n) is 2.70. The quantitative estimate of drug-likeness (QED) is 0.584. The highest BCUT2D eigenvalue weighted by Gasteiger charge is 2.19. The van der Waals surface area contributed by atoms with Crippen molar-refractivity contribution in [1.29, 1.82) is 0 Å². The van der Waals surface area contributed by atoms with Gasteiger partial charge in [0.15, 0.2) is 5.12 Å². The van der Waals surface area contributed by atoms with E-state index >= 15 is 0 Å². The van der Waals surface area contributed by atoms with Crippen molar-refractivity contribution in [2.75, 3.05) is 0 Å². The molecule has 1 aliphatic rings. The second kappa shape index (κ2) is 2.38. The summed E-state index contributed by atoms with van der Waals surface area (Å²) in [5, 5.41) is 0.273. The van der Waals surface area contributed by atoms with Gasteiger partial charge >= 0.3 is 0 Å². The molecule has 1 aromatic carbocycles. The molecule has 0 unspecified atom stereocenters. The number of fused-ring (bicyclic) bond motifs is 1. The molecule has 2 heteroatoms. The Balaban J connectivity index is 2.57. The van der Waals surface area contributed by atoms with Crippen molar-refractivity contribution in [3.05, 3.63) is 29.3 Å². The van der Waals surface area contributed by atoms with Gasteiger partial charge in [-0.05, 0) is 24.1 Å². The molecule has 0 atom stereocenters. The zero-order chi connectivity index (χ0) is 7.84. The Hall–Kier alpha value is -0.760. The summed E-state index contributed by atoms with van der Waals surface area (Å²) in [7, 11) is 0. The van der Waals surface area contributed by atoms with Gasteiger partial charge in [0.05, 0.1) is 0 Å². The maximum absolute atomic E-state index is 11.0. The fourth-order valence-corrected chi connectivity index (χ4v) is 2.27. The van der Waals surface area contributed by atoms with E-state index in [1.807, 2.05) is 12.1 Å². The Labute approximate surface area is 69.8 Å². The first-order valence-electron chi connectivity index (χ1n) is 3.56. The maximum Gasteiger partial charge on any atom is 0.198 e. The maximum atomic E-state index is 11.0. The topological polar surface area (TPSA) is 17.1 Å². The molecule has 1 heterocycles.